The minimum Gasteiger partial charge on any atom is -0.466 e. The smallest absolute Gasteiger partial charge is 0.303 e. The molecule has 0 bridgehead atoms. The van der Waals surface area contributed by atoms with Crippen LogP contribution in [0, 0.1) is 0 Å². The van der Waals surface area contributed by atoms with Gasteiger partial charge < -0.3 is 34.2 Å². The van der Waals surface area contributed by atoms with Crippen molar-refractivity contribution in [2.75, 3.05) is 13.2 Å². The van der Waals surface area contributed by atoms with E-state index in [2.05, 4.69) is 5.32 Å². The summed E-state index contributed by atoms with van der Waals surface area (Å²) >= 11 is 0. The maximum absolute atomic E-state index is 11.7. The van der Waals surface area contributed by atoms with Gasteiger partial charge in [0.15, 0.2) is 12.4 Å². The molecule has 0 aromatic rings. The van der Waals surface area contributed by atoms with Gasteiger partial charge in [-0.05, 0) is 12.8 Å². The highest BCUT2D eigenvalue weighted by atomic mass is 16.6. The summed E-state index contributed by atoms with van der Waals surface area (Å²) < 4.78 is 20.6. The molecule has 0 heterocycles. The lowest BCUT2D eigenvalue weighted by atomic mass is 10.0. The minimum absolute atomic E-state index is 0.0563. The van der Waals surface area contributed by atoms with Crippen LogP contribution in [0.15, 0.2) is 0 Å². The maximum atomic E-state index is 11.7. The molecule has 2 N–H and O–H groups in total. The first kappa shape index (κ1) is 27.5. The highest BCUT2D eigenvalue weighted by molar-refractivity contribution is 5.73. The summed E-state index contributed by atoms with van der Waals surface area (Å²) in [7, 11) is 0. The lowest BCUT2D eigenvalue weighted by Crippen LogP contribution is -2.57. The third-order valence-electron chi connectivity index (χ3n) is 3.73. The van der Waals surface area contributed by atoms with Crippen molar-refractivity contribution in [3.05, 3.63) is 0 Å². The summed E-state index contributed by atoms with van der Waals surface area (Å²) in [4.78, 5) is 56.3. The average molecular weight is 433 g/mol. The number of carbonyl (C=O) groups excluding carboxylic acids is 5. The van der Waals surface area contributed by atoms with E-state index in [0.717, 1.165) is 20.1 Å². The number of aldehydes is 1. The first-order valence-electron chi connectivity index (χ1n) is 9.56. The summed E-state index contributed by atoms with van der Waals surface area (Å²) in [6.07, 6.45) is -2.00. The number of aliphatic hydroxyl groups excluding tert-OH is 1. The Hall–Kier alpha value is -2.53. The fraction of sp³-hybridized carbons (Fsp3) is 0.737. The second-order valence-corrected chi connectivity index (χ2v) is 6.50. The molecule has 4 atom stereocenters. The quantitative estimate of drug-likeness (QED) is 0.119. The van der Waals surface area contributed by atoms with E-state index in [9.17, 15) is 29.1 Å². The summed E-state index contributed by atoms with van der Waals surface area (Å²) in [6, 6.07) is -1.28. The lowest BCUT2D eigenvalue weighted by molar-refractivity contribution is -0.189. The SMILES string of the molecule is CC(=O)NC(C(O)OCCCCC=O)C(OC(C)=O)C(CCOC(C)=O)OC(C)=O. The highest BCUT2D eigenvalue weighted by Crippen LogP contribution is 2.18. The fourth-order valence-electron chi connectivity index (χ4n) is 2.58. The van der Waals surface area contributed by atoms with Gasteiger partial charge in [-0.2, -0.15) is 0 Å². The number of hydrogen-bond donors (Lipinski definition) is 2. The minimum atomic E-state index is -1.61. The van der Waals surface area contributed by atoms with Crippen molar-refractivity contribution in [2.24, 2.45) is 0 Å². The van der Waals surface area contributed by atoms with Crippen LogP contribution in [0.5, 0.6) is 0 Å². The van der Waals surface area contributed by atoms with Gasteiger partial charge in [0.05, 0.1) is 6.61 Å². The van der Waals surface area contributed by atoms with E-state index in [1.165, 1.54) is 13.8 Å². The molecule has 0 aliphatic heterocycles. The van der Waals surface area contributed by atoms with E-state index >= 15 is 0 Å². The Labute approximate surface area is 175 Å². The number of esters is 3. The monoisotopic (exact) mass is 433 g/mol. The molecule has 0 spiro atoms. The van der Waals surface area contributed by atoms with Crippen LogP contribution in [0.2, 0.25) is 0 Å². The zero-order chi connectivity index (χ0) is 23.1. The molecule has 11 nitrogen and oxygen atoms in total. The summed E-state index contributed by atoms with van der Waals surface area (Å²) in [5.74, 6) is -2.57. The number of hydrogen-bond acceptors (Lipinski definition) is 10. The number of rotatable bonds is 15. The second-order valence-electron chi connectivity index (χ2n) is 6.50. The summed E-state index contributed by atoms with van der Waals surface area (Å²) in [5, 5.41) is 12.9. The van der Waals surface area contributed by atoms with Gasteiger partial charge in [-0.1, -0.05) is 0 Å². The van der Waals surface area contributed by atoms with Crippen LogP contribution in [-0.2, 0) is 42.9 Å². The lowest BCUT2D eigenvalue weighted by Gasteiger charge is -2.35. The molecular weight excluding hydrogens is 402 g/mol. The van der Waals surface area contributed by atoms with E-state index in [1.54, 1.807) is 0 Å². The van der Waals surface area contributed by atoms with Gasteiger partial charge in [-0.3, -0.25) is 19.2 Å². The van der Waals surface area contributed by atoms with Crippen LogP contribution in [0.1, 0.15) is 53.4 Å². The number of carbonyl (C=O) groups is 5. The van der Waals surface area contributed by atoms with Crippen LogP contribution in [0.25, 0.3) is 0 Å². The van der Waals surface area contributed by atoms with Crippen molar-refractivity contribution >= 4 is 30.1 Å². The van der Waals surface area contributed by atoms with Crippen LogP contribution >= 0.6 is 0 Å². The van der Waals surface area contributed by atoms with Crippen molar-refractivity contribution in [2.45, 2.75) is 77.9 Å². The molecule has 1 amide bonds. The molecule has 30 heavy (non-hydrogen) atoms. The molecule has 0 saturated heterocycles. The van der Waals surface area contributed by atoms with Crippen molar-refractivity contribution in [3.63, 3.8) is 0 Å². The molecule has 0 rings (SSSR count). The van der Waals surface area contributed by atoms with E-state index < -0.39 is 48.4 Å². The van der Waals surface area contributed by atoms with Crippen LogP contribution in [0.3, 0.4) is 0 Å². The second kappa shape index (κ2) is 15.3. The van der Waals surface area contributed by atoms with Crippen LogP contribution in [-0.4, -0.2) is 73.0 Å². The van der Waals surface area contributed by atoms with Crippen molar-refractivity contribution < 1.29 is 48.0 Å². The molecule has 0 aromatic carbocycles. The average Bonchev–Trinajstić information content (AvgIpc) is 2.62. The largest absolute Gasteiger partial charge is 0.466 e. The first-order valence-corrected chi connectivity index (χ1v) is 9.56. The Morgan fingerprint density at radius 3 is 2.07 bits per heavy atom. The van der Waals surface area contributed by atoms with E-state index in [0.29, 0.717) is 19.3 Å². The Kier molecular flexibility index (Phi) is 14.0. The number of nitrogens with one attached hydrogen (secondary N) is 1. The molecule has 0 radical (unpaired) electrons. The molecule has 0 fully saturated rings. The standard InChI is InChI=1S/C19H31NO10/c1-12(22)20-17(19(26)28-10-7-5-6-9-21)18(30-15(4)25)16(29-14(3)24)8-11-27-13(2)23/h9,16-19,26H,5-8,10-11H2,1-4H3,(H,20,22). The third-order valence-corrected chi connectivity index (χ3v) is 3.73. The topological polar surface area (TPSA) is 155 Å². The molecule has 0 saturated carbocycles. The van der Waals surface area contributed by atoms with Crippen molar-refractivity contribution in [3.8, 4) is 0 Å². The van der Waals surface area contributed by atoms with Gasteiger partial charge in [-0.15, -0.1) is 0 Å². The van der Waals surface area contributed by atoms with Gasteiger partial charge in [0.25, 0.3) is 0 Å². The number of ether oxygens (including phenoxy) is 4. The van der Waals surface area contributed by atoms with Gasteiger partial charge in [-0.25, -0.2) is 0 Å². The Morgan fingerprint density at radius 2 is 1.57 bits per heavy atom. The zero-order valence-electron chi connectivity index (χ0n) is 17.8. The molecule has 172 valence electrons. The van der Waals surface area contributed by atoms with Crippen LogP contribution < -0.4 is 5.32 Å². The predicted octanol–water partition coefficient (Wildman–Crippen LogP) is 0.0119. The van der Waals surface area contributed by atoms with Gasteiger partial charge in [0, 0.05) is 47.1 Å². The Bertz CT molecular complexity index is 580. The highest BCUT2D eigenvalue weighted by Gasteiger charge is 2.40. The Balaban J connectivity index is 5.53. The molecule has 0 aromatic heterocycles. The fourth-order valence-corrected chi connectivity index (χ4v) is 2.58. The van der Waals surface area contributed by atoms with E-state index in [-0.39, 0.29) is 19.6 Å². The molecule has 11 heteroatoms. The van der Waals surface area contributed by atoms with Crippen molar-refractivity contribution in [1.82, 2.24) is 5.32 Å². The zero-order valence-corrected chi connectivity index (χ0v) is 17.8. The van der Waals surface area contributed by atoms with E-state index in [1.807, 2.05) is 0 Å². The molecule has 0 aliphatic carbocycles. The summed E-state index contributed by atoms with van der Waals surface area (Å²) in [5.41, 5.74) is 0. The van der Waals surface area contributed by atoms with Gasteiger partial charge in [0.1, 0.15) is 18.4 Å². The number of aliphatic hydroxyl groups is 1. The van der Waals surface area contributed by atoms with E-state index in [4.69, 9.17) is 18.9 Å². The van der Waals surface area contributed by atoms with Crippen molar-refractivity contribution in [1.29, 1.82) is 0 Å². The normalized spacial score (nSPS) is 14.6. The molecule has 0 aliphatic rings. The summed E-state index contributed by atoms with van der Waals surface area (Å²) in [6.45, 7) is 4.56. The Morgan fingerprint density at radius 1 is 0.933 bits per heavy atom. The van der Waals surface area contributed by atoms with Gasteiger partial charge in [0.2, 0.25) is 5.91 Å². The molecular formula is C19H31NO10. The first-order chi connectivity index (χ1) is 14.1. The predicted molar refractivity (Wildman–Crippen MR) is 102 cm³/mol. The maximum Gasteiger partial charge on any atom is 0.303 e. The van der Waals surface area contributed by atoms with Crippen LogP contribution in [0.4, 0.5) is 0 Å². The molecule has 4 unspecified atom stereocenters. The third kappa shape index (κ3) is 12.8. The number of unbranched alkanes of at least 4 members (excludes halogenated alkanes) is 2. The van der Waals surface area contributed by atoms with Gasteiger partial charge >= 0.3 is 17.9 Å². The number of amides is 1.